The van der Waals surface area contributed by atoms with Crippen LogP contribution in [0.4, 0.5) is 5.13 Å². The van der Waals surface area contributed by atoms with E-state index in [9.17, 15) is 9.59 Å². The highest BCUT2D eigenvalue weighted by Gasteiger charge is 2.12. The van der Waals surface area contributed by atoms with Crippen LogP contribution >= 0.6 is 34.9 Å². The fraction of sp³-hybridized carbons (Fsp3) is 0.200. The minimum Gasteiger partial charge on any atom is -0.493 e. The zero-order valence-electron chi connectivity index (χ0n) is 16.1. The monoisotopic (exact) mass is 461 g/mol. The Hall–Kier alpha value is -2.56. The molecule has 0 bridgehead atoms. The molecule has 1 heterocycles. The predicted octanol–water partition coefficient (Wildman–Crippen LogP) is 4.23. The molecule has 0 atom stereocenters. The van der Waals surface area contributed by atoms with Crippen LogP contribution in [0.15, 0.2) is 63.8 Å². The van der Waals surface area contributed by atoms with Gasteiger partial charge < -0.3 is 9.47 Å². The third-order valence-corrected chi connectivity index (χ3v) is 6.57. The van der Waals surface area contributed by atoms with Crippen LogP contribution in [0.3, 0.4) is 0 Å². The fourth-order valence-corrected chi connectivity index (χ4v) is 4.54. The fourth-order valence-electron chi connectivity index (χ4n) is 2.21. The molecular weight excluding hydrogens is 442 g/mol. The summed E-state index contributed by atoms with van der Waals surface area (Å²) in [6.45, 7) is 0.571. The first-order chi connectivity index (χ1) is 14.6. The Morgan fingerprint density at radius 3 is 2.53 bits per heavy atom. The van der Waals surface area contributed by atoms with Crippen molar-refractivity contribution < 1.29 is 19.1 Å². The van der Waals surface area contributed by atoms with Gasteiger partial charge in [-0.1, -0.05) is 41.3 Å². The molecule has 10 heteroatoms. The summed E-state index contributed by atoms with van der Waals surface area (Å²) in [5, 5.41) is 10.9. The van der Waals surface area contributed by atoms with E-state index in [1.165, 1.54) is 35.1 Å². The average molecular weight is 462 g/mol. The molecule has 30 heavy (non-hydrogen) atoms. The van der Waals surface area contributed by atoms with Crippen molar-refractivity contribution in [2.24, 2.45) is 0 Å². The number of hydrogen-bond acceptors (Lipinski definition) is 9. The molecule has 3 rings (SSSR count). The first kappa shape index (κ1) is 22.1. The summed E-state index contributed by atoms with van der Waals surface area (Å²) in [5.74, 6) is 1.05. The third kappa shape index (κ3) is 7.05. The molecule has 0 fully saturated rings. The van der Waals surface area contributed by atoms with E-state index in [1.807, 2.05) is 18.2 Å². The van der Waals surface area contributed by atoms with E-state index in [-0.39, 0.29) is 17.6 Å². The van der Waals surface area contributed by atoms with E-state index in [0.717, 1.165) is 5.75 Å². The molecule has 2 aromatic carbocycles. The Morgan fingerprint density at radius 1 is 1.03 bits per heavy atom. The molecule has 1 N–H and O–H groups in total. The summed E-state index contributed by atoms with van der Waals surface area (Å²) in [6.07, 6.45) is 0. The van der Waals surface area contributed by atoms with Crippen LogP contribution in [0.2, 0.25) is 0 Å². The number of carbonyl (C=O) groups is 2. The topological polar surface area (TPSA) is 90.4 Å². The van der Waals surface area contributed by atoms with Crippen LogP contribution in [0.5, 0.6) is 5.75 Å². The van der Waals surface area contributed by atoms with Crippen molar-refractivity contribution in [1.29, 1.82) is 0 Å². The molecule has 1 aromatic heterocycles. The summed E-state index contributed by atoms with van der Waals surface area (Å²) in [6, 6.07) is 17.1. The molecule has 0 aliphatic heterocycles. The van der Waals surface area contributed by atoms with E-state index >= 15 is 0 Å². The van der Waals surface area contributed by atoms with Gasteiger partial charge in [0.25, 0.3) is 5.91 Å². The van der Waals surface area contributed by atoms with E-state index in [2.05, 4.69) is 32.4 Å². The summed E-state index contributed by atoms with van der Waals surface area (Å²) in [7, 11) is 1.33. The van der Waals surface area contributed by atoms with E-state index in [0.29, 0.717) is 27.4 Å². The number of esters is 1. The van der Waals surface area contributed by atoms with Gasteiger partial charge in [0.05, 0.1) is 19.5 Å². The summed E-state index contributed by atoms with van der Waals surface area (Å²) in [5.41, 5.74) is 0.486. The lowest BCUT2D eigenvalue weighted by molar-refractivity contribution is -0.137. The van der Waals surface area contributed by atoms with E-state index in [1.54, 1.807) is 36.0 Å². The first-order valence-corrected chi connectivity index (χ1v) is 11.7. The van der Waals surface area contributed by atoms with Gasteiger partial charge in [0.2, 0.25) is 5.13 Å². The van der Waals surface area contributed by atoms with Gasteiger partial charge in [-0.3, -0.25) is 14.9 Å². The average Bonchev–Trinajstić information content (AvgIpc) is 3.23. The van der Waals surface area contributed by atoms with Crippen molar-refractivity contribution in [2.75, 3.05) is 30.5 Å². The molecule has 0 saturated carbocycles. The zero-order chi connectivity index (χ0) is 21.2. The molecule has 0 aliphatic carbocycles. The van der Waals surface area contributed by atoms with Crippen LogP contribution < -0.4 is 10.1 Å². The van der Waals surface area contributed by atoms with E-state index < -0.39 is 0 Å². The molecule has 0 saturated heterocycles. The molecule has 7 nitrogen and oxygen atoms in total. The molecule has 0 radical (unpaired) electrons. The quantitative estimate of drug-likeness (QED) is 0.208. The van der Waals surface area contributed by atoms with Gasteiger partial charge in [0.15, 0.2) is 4.34 Å². The zero-order valence-corrected chi connectivity index (χ0v) is 18.5. The SMILES string of the molecule is COC(=O)CSc1nnc(NC(=O)c2ccc(OCCSc3ccccc3)cc2)s1. The van der Waals surface area contributed by atoms with Gasteiger partial charge in [0.1, 0.15) is 5.75 Å². The maximum atomic E-state index is 12.4. The summed E-state index contributed by atoms with van der Waals surface area (Å²) < 4.78 is 10.9. The predicted molar refractivity (Wildman–Crippen MR) is 120 cm³/mol. The van der Waals surface area contributed by atoms with Gasteiger partial charge >= 0.3 is 5.97 Å². The second kappa shape index (κ2) is 11.6. The van der Waals surface area contributed by atoms with Crippen LogP contribution in [0.1, 0.15) is 10.4 Å². The first-order valence-electron chi connectivity index (χ1n) is 8.89. The number of nitrogens with zero attached hydrogens (tertiary/aromatic N) is 2. The van der Waals surface area contributed by atoms with Gasteiger partial charge in [-0.25, -0.2) is 0 Å². The van der Waals surface area contributed by atoms with Gasteiger partial charge in [-0.05, 0) is 36.4 Å². The molecule has 1 amide bonds. The summed E-state index contributed by atoms with van der Waals surface area (Å²) >= 11 is 4.13. The van der Waals surface area contributed by atoms with E-state index in [4.69, 9.17) is 4.74 Å². The highest BCUT2D eigenvalue weighted by molar-refractivity contribution is 8.01. The van der Waals surface area contributed by atoms with Gasteiger partial charge in [-0.15, -0.1) is 22.0 Å². The second-order valence-corrected chi connectivity index (χ2v) is 9.09. The smallest absolute Gasteiger partial charge is 0.316 e. The maximum absolute atomic E-state index is 12.4. The summed E-state index contributed by atoms with van der Waals surface area (Å²) in [4.78, 5) is 24.7. The molecule has 0 spiro atoms. The largest absolute Gasteiger partial charge is 0.493 e. The van der Waals surface area contributed by atoms with Crippen LogP contribution in [-0.4, -0.2) is 47.3 Å². The molecular formula is C20H19N3O4S3. The van der Waals surface area contributed by atoms with Crippen molar-refractivity contribution in [3.63, 3.8) is 0 Å². The maximum Gasteiger partial charge on any atom is 0.316 e. The number of ether oxygens (including phenoxy) is 2. The van der Waals surface area contributed by atoms with Crippen LogP contribution in [0.25, 0.3) is 0 Å². The normalized spacial score (nSPS) is 10.4. The second-order valence-electron chi connectivity index (χ2n) is 5.73. The van der Waals surface area contributed by atoms with Crippen molar-refractivity contribution in [3.8, 4) is 5.75 Å². The minimum absolute atomic E-state index is 0.143. The number of rotatable bonds is 10. The standard InChI is InChI=1S/C20H19N3O4S3/c1-26-17(24)13-29-20-23-22-19(30-20)21-18(25)14-7-9-15(10-8-14)27-11-12-28-16-5-3-2-4-6-16/h2-10H,11-13H2,1H3,(H,21,22,25). The number of benzene rings is 2. The highest BCUT2D eigenvalue weighted by atomic mass is 32.2. The number of carbonyl (C=O) groups excluding carboxylic acids is 2. The Morgan fingerprint density at radius 2 is 1.80 bits per heavy atom. The number of anilines is 1. The van der Waals surface area contributed by atoms with Crippen molar-refractivity contribution in [2.45, 2.75) is 9.24 Å². The third-order valence-electron chi connectivity index (χ3n) is 3.65. The van der Waals surface area contributed by atoms with Crippen molar-refractivity contribution >= 4 is 51.9 Å². The Balaban J connectivity index is 1.43. The number of nitrogens with one attached hydrogen (secondary N) is 1. The lowest BCUT2D eigenvalue weighted by Gasteiger charge is -2.07. The number of amides is 1. The van der Waals surface area contributed by atoms with Crippen LogP contribution in [-0.2, 0) is 9.53 Å². The Bertz CT molecular complexity index is 965. The molecule has 0 unspecified atom stereocenters. The minimum atomic E-state index is -0.346. The van der Waals surface area contributed by atoms with Gasteiger partial charge in [-0.2, -0.15) is 0 Å². The highest BCUT2D eigenvalue weighted by Crippen LogP contribution is 2.26. The van der Waals surface area contributed by atoms with Crippen molar-refractivity contribution in [1.82, 2.24) is 10.2 Å². The van der Waals surface area contributed by atoms with Gasteiger partial charge in [0, 0.05) is 16.2 Å². The van der Waals surface area contributed by atoms with Crippen molar-refractivity contribution in [3.05, 3.63) is 60.2 Å². The lowest BCUT2D eigenvalue weighted by Crippen LogP contribution is -2.11. The Labute approximate surface area is 186 Å². The number of methoxy groups -OCH3 is 1. The number of thioether (sulfide) groups is 2. The Kier molecular flexibility index (Phi) is 8.54. The lowest BCUT2D eigenvalue weighted by atomic mass is 10.2. The molecule has 0 aliphatic rings. The molecule has 3 aromatic rings. The number of aromatic nitrogens is 2. The van der Waals surface area contributed by atoms with Crippen LogP contribution in [0, 0.1) is 0 Å². The number of hydrogen-bond donors (Lipinski definition) is 1. The molecule has 156 valence electrons.